The molecule has 0 aliphatic rings. The van der Waals surface area contributed by atoms with E-state index in [2.05, 4.69) is 30.5 Å². The maximum Gasteiger partial charge on any atom is 0.322 e. The number of aromatic nitrogens is 5. The van der Waals surface area contributed by atoms with Gasteiger partial charge >= 0.3 is 6.01 Å². The van der Waals surface area contributed by atoms with Crippen molar-refractivity contribution in [1.82, 2.24) is 25.1 Å². The van der Waals surface area contributed by atoms with Crippen molar-refractivity contribution in [1.29, 1.82) is 0 Å². The molecule has 18 heavy (non-hydrogen) atoms. The van der Waals surface area contributed by atoms with Gasteiger partial charge in [-0.3, -0.25) is 0 Å². The number of hydrogen-bond acceptors (Lipinski definition) is 9. The Morgan fingerprint density at radius 3 is 2.89 bits per heavy atom. The molecule has 9 heteroatoms. The molecule has 7 nitrogen and oxygen atoms in total. The monoisotopic (exact) mass is 284 g/mol. The Morgan fingerprint density at radius 2 is 2.22 bits per heavy atom. The number of rotatable bonds is 6. The zero-order chi connectivity index (χ0) is 12.8. The molecule has 0 aliphatic heterocycles. The summed E-state index contributed by atoms with van der Waals surface area (Å²) >= 11 is 2.77. The fraction of sp³-hybridized carbons (Fsp3) is 0.444. The standard InChI is InChI=1S/C9H12N6OS2/c1-3-10-6-12-7(16-4-2)14-8(13-6)18-9-15-11-5-17-9/h5H,3-4H2,1-2H3,(H,10,12,13,14). The molecule has 0 unspecified atom stereocenters. The zero-order valence-corrected chi connectivity index (χ0v) is 11.6. The van der Waals surface area contributed by atoms with E-state index in [-0.39, 0.29) is 0 Å². The second-order valence-corrected chi connectivity index (χ2v) is 5.04. The molecule has 0 aromatic carbocycles. The minimum atomic E-state index is 0.315. The Bertz CT molecular complexity index is 468. The van der Waals surface area contributed by atoms with Crippen molar-refractivity contribution >= 4 is 29.0 Å². The third kappa shape index (κ3) is 3.50. The first-order chi connectivity index (χ1) is 8.81. The second-order valence-electron chi connectivity index (χ2n) is 2.99. The van der Waals surface area contributed by atoms with Crippen molar-refractivity contribution in [3.8, 4) is 6.01 Å². The lowest BCUT2D eigenvalue weighted by molar-refractivity contribution is 0.308. The average molecular weight is 284 g/mol. The highest BCUT2D eigenvalue weighted by Crippen LogP contribution is 2.26. The molecule has 2 rings (SSSR count). The molecule has 0 amide bonds. The molecule has 0 atom stereocenters. The van der Waals surface area contributed by atoms with E-state index in [0.29, 0.717) is 23.7 Å². The van der Waals surface area contributed by atoms with Gasteiger partial charge in [0.15, 0.2) is 4.34 Å². The Labute approximate surface area is 112 Å². The van der Waals surface area contributed by atoms with Crippen LogP contribution in [0.15, 0.2) is 15.0 Å². The predicted molar refractivity (Wildman–Crippen MR) is 69.2 cm³/mol. The summed E-state index contributed by atoms with van der Waals surface area (Å²) in [6.45, 7) is 5.10. The molecule has 2 heterocycles. The van der Waals surface area contributed by atoms with E-state index in [1.54, 1.807) is 5.51 Å². The summed E-state index contributed by atoms with van der Waals surface area (Å²) in [7, 11) is 0. The molecule has 0 aliphatic carbocycles. The quantitative estimate of drug-likeness (QED) is 0.858. The van der Waals surface area contributed by atoms with Crippen LogP contribution < -0.4 is 10.1 Å². The highest BCUT2D eigenvalue weighted by atomic mass is 32.2. The van der Waals surface area contributed by atoms with Crippen molar-refractivity contribution in [2.24, 2.45) is 0 Å². The number of nitrogens with one attached hydrogen (secondary N) is 1. The van der Waals surface area contributed by atoms with Crippen molar-refractivity contribution in [3.05, 3.63) is 5.51 Å². The van der Waals surface area contributed by atoms with Gasteiger partial charge in [-0.15, -0.1) is 10.2 Å². The molecule has 0 saturated heterocycles. The van der Waals surface area contributed by atoms with Crippen LogP contribution in [0.25, 0.3) is 0 Å². The molecular formula is C9H12N6OS2. The van der Waals surface area contributed by atoms with Gasteiger partial charge in [0, 0.05) is 6.54 Å². The SMILES string of the molecule is CCNc1nc(OCC)nc(Sc2nncs2)n1. The van der Waals surface area contributed by atoms with Crippen LogP contribution in [-0.2, 0) is 0 Å². The minimum Gasteiger partial charge on any atom is -0.464 e. The van der Waals surface area contributed by atoms with E-state index in [4.69, 9.17) is 4.74 Å². The number of nitrogens with zero attached hydrogens (tertiary/aromatic N) is 5. The summed E-state index contributed by atoms with van der Waals surface area (Å²) in [5.74, 6) is 0.503. The van der Waals surface area contributed by atoms with Crippen LogP contribution in [0.4, 0.5) is 5.95 Å². The van der Waals surface area contributed by atoms with Crippen molar-refractivity contribution in [2.75, 3.05) is 18.5 Å². The van der Waals surface area contributed by atoms with Crippen molar-refractivity contribution in [2.45, 2.75) is 23.3 Å². The first kappa shape index (κ1) is 13.0. The first-order valence-electron chi connectivity index (χ1n) is 5.38. The van der Waals surface area contributed by atoms with E-state index in [1.807, 2.05) is 13.8 Å². The molecular weight excluding hydrogens is 272 g/mol. The third-order valence-corrected chi connectivity index (χ3v) is 3.36. The van der Waals surface area contributed by atoms with Crippen molar-refractivity contribution in [3.63, 3.8) is 0 Å². The highest BCUT2D eigenvalue weighted by molar-refractivity contribution is 8.00. The van der Waals surface area contributed by atoms with Gasteiger partial charge in [0.2, 0.25) is 11.1 Å². The third-order valence-electron chi connectivity index (χ3n) is 1.72. The van der Waals surface area contributed by atoms with Crippen LogP contribution in [0.1, 0.15) is 13.8 Å². The summed E-state index contributed by atoms with van der Waals surface area (Å²) in [6, 6.07) is 0.315. The lowest BCUT2D eigenvalue weighted by Crippen LogP contribution is -2.07. The summed E-state index contributed by atoms with van der Waals surface area (Å²) in [6.07, 6.45) is 0. The van der Waals surface area contributed by atoms with Crippen LogP contribution in [0.3, 0.4) is 0 Å². The maximum atomic E-state index is 5.30. The van der Waals surface area contributed by atoms with Crippen LogP contribution >= 0.6 is 23.1 Å². The van der Waals surface area contributed by atoms with Gasteiger partial charge in [-0.2, -0.15) is 15.0 Å². The van der Waals surface area contributed by atoms with Crippen molar-refractivity contribution < 1.29 is 4.74 Å². The summed E-state index contributed by atoms with van der Waals surface area (Å²) in [5, 5.41) is 11.3. The van der Waals surface area contributed by atoms with Crippen LogP contribution in [-0.4, -0.2) is 38.3 Å². The normalized spacial score (nSPS) is 10.3. The summed E-state index contributed by atoms with van der Waals surface area (Å²) < 4.78 is 6.09. The molecule has 2 aromatic heterocycles. The Balaban J connectivity index is 2.21. The van der Waals surface area contributed by atoms with E-state index < -0.39 is 0 Å². The minimum absolute atomic E-state index is 0.315. The van der Waals surface area contributed by atoms with E-state index in [9.17, 15) is 0 Å². The summed E-state index contributed by atoms with van der Waals surface area (Å²) in [4.78, 5) is 12.6. The smallest absolute Gasteiger partial charge is 0.322 e. The Kier molecular flexibility index (Phi) is 4.65. The number of anilines is 1. The molecule has 2 aromatic rings. The number of hydrogen-bond donors (Lipinski definition) is 1. The predicted octanol–water partition coefficient (Wildman–Crippen LogP) is 1.70. The van der Waals surface area contributed by atoms with Gasteiger partial charge in [0.25, 0.3) is 0 Å². The van der Waals surface area contributed by atoms with E-state index >= 15 is 0 Å². The second kappa shape index (κ2) is 6.45. The molecule has 0 saturated carbocycles. The summed E-state index contributed by atoms with van der Waals surface area (Å²) in [5.41, 5.74) is 1.66. The van der Waals surface area contributed by atoms with Crippen LogP contribution in [0.5, 0.6) is 6.01 Å². The largest absolute Gasteiger partial charge is 0.464 e. The lowest BCUT2D eigenvalue weighted by atomic mass is 10.7. The van der Waals surface area contributed by atoms with Gasteiger partial charge in [0.1, 0.15) is 5.51 Å². The lowest BCUT2D eigenvalue weighted by Gasteiger charge is -2.06. The van der Waals surface area contributed by atoms with Gasteiger partial charge < -0.3 is 10.1 Å². The topological polar surface area (TPSA) is 85.7 Å². The van der Waals surface area contributed by atoms with Gasteiger partial charge in [-0.05, 0) is 25.6 Å². The molecule has 0 radical (unpaired) electrons. The van der Waals surface area contributed by atoms with Gasteiger partial charge in [-0.25, -0.2) is 0 Å². The Hall–Kier alpha value is -1.48. The van der Waals surface area contributed by atoms with Gasteiger partial charge in [-0.1, -0.05) is 11.3 Å². The molecule has 0 bridgehead atoms. The Morgan fingerprint density at radius 1 is 1.33 bits per heavy atom. The molecule has 0 spiro atoms. The molecule has 1 N–H and O–H groups in total. The first-order valence-corrected chi connectivity index (χ1v) is 7.08. The van der Waals surface area contributed by atoms with E-state index in [0.717, 1.165) is 10.9 Å². The van der Waals surface area contributed by atoms with Crippen LogP contribution in [0.2, 0.25) is 0 Å². The fourth-order valence-electron chi connectivity index (χ4n) is 1.10. The highest BCUT2D eigenvalue weighted by Gasteiger charge is 2.10. The van der Waals surface area contributed by atoms with Crippen LogP contribution in [0, 0.1) is 0 Å². The number of ether oxygens (including phenoxy) is 1. The maximum absolute atomic E-state index is 5.30. The van der Waals surface area contributed by atoms with Gasteiger partial charge in [0.05, 0.1) is 6.61 Å². The average Bonchev–Trinajstić information content (AvgIpc) is 2.82. The fourth-order valence-corrected chi connectivity index (χ4v) is 2.42. The molecule has 0 fully saturated rings. The molecule has 96 valence electrons. The zero-order valence-electron chi connectivity index (χ0n) is 9.95. The van der Waals surface area contributed by atoms with E-state index in [1.165, 1.54) is 23.1 Å².